The number of carbonyl (C=O) groups excluding carboxylic acids is 1. The minimum atomic E-state index is -0.413. The Bertz CT molecular complexity index is 497. The molecule has 1 atom stereocenters. The molecule has 1 heterocycles. The van der Waals surface area contributed by atoms with Gasteiger partial charge in [0.05, 0.1) is 0 Å². The fourth-order valence-corrected chi connectivity index (χ4v) is 1.82. The van der Waals surface area contributed by atoms with Gasteiger partial charge in [0.25, 0.3) is 0 Å². The summed E-state index contributed by atoms with van der Waals surface area (Å²) in [6, 6.07) is 9.43. The summed E-state index contributed by atoms with van der Waals surface area (Å²) in [4.78, 5) is 12.2. The van der Waals surface area contributed by atoms with E-state index >= 15 is 0 Å². The fourth-order valence-electron chi connectivity index (χ4n) is 1.82. The van der Waals surface area contributed by atoms with Crippen LogP contribution >= 0.6 is 0 Å². The molecule has 0 fully saturated rings. The number of hydrogen-bond donors (Lipinski definition) is 1. The summed E-state index contributed by atoms with van der Waals surface area (Å²) in [5, 5.41) is 13.9. The van der Waals surface area contributed by atoms with Crippen molar-refractivity contribution in [3.63, 3.8) is 0 Å². The second-order valence-corrected chi connectivity index (χ2v) is 4.29. The molecule has 6 nitrogen and oxygen atoms in total. The molecule has 0 aliphatic rings. The third-order valence-electron chi connectivity index (χ3n) is 2.81. The number of carbonyl (C=O) groups is 1. The molecule has 2 rings (SSSR count). The van der Waals surface area contributed by atoms with Crippen LogP contribution in [0, 0.1) is 0 Å². The second kappa shape index (κ2) is 6.63. The average Bonchev–Trinajstić information content (AvgIpc) is 2.97. The van der Waals surface area contributed by atoms with Crippen LogP contribution in [0.1, 0.15) is 24.9 Å². The predicted molar refractivity (Wildman–Crippen MR) is 70.3 cm³/mol. The number of rotatable bonds is 6. The van der Waals surface area contributed by atoms with Crippen LogP contribution in [0.3, 0.4) is 0 Å². The lowest BCUT2D eigenvalue weighted by Gasteiger charge is -2.16. The highest BCUT2D eigenvalue weighted by molar-refractivity contribution is 5.80. The molecule has 1 aromatic heterocycles. The van der Waals surface area contributed by atoms with E-state index in [0.717, 1.165) is 12.0 Å². The Labute approximate surface area is 111 Å². The number of tetrazole rings is 1. The molecule has 1 aromatic carbocycles. The minimum absolute atomic E-state index is 0.0574. The van der Waals surface area contributed by atoms with Crippen LogP contribution in [0.2, 0.25) is 0 Å². The first-order valence-corrected chi connectivity index (χ1v) is 6.35. The van der Waals surface area contributed by atoms with Crippen molar-refractivity contribution >= 4 is 5.91 Å². The van der Waals surface area contributed by atoms with Gasteiger partial charge in [0, 0.05) is 13.0 Å². The number of hydrogen-bond acceptors (Lipinski definition) is 4. The van der Waals surface area contributed by atoms with Crippen LogP contribution in [0.4, 0.5) is 0 Å². The monoisotopic (exact) mass is 259 g/mol. The Morgan fingerprint density at radius 1 is 1.37 bits per heavy atom. The lowest BCUT2D eigenvalue weighted by molar-refractivity contribution is -0.124. The fraction of sp³-hybridized carbons (Fsp3) is 0.385. The zero-order valence-corrected chi connectivity index (χ0v) is 10.9. The summed E-state index contributed by atoms with van der Waals surface area (Å²) in [6.45, 7) is 2.68. The lowest BCUT2D eigenvalue weighted by Crippen LogP contribution is -2.34. The van der Waals surface area contributed by atoms with Gasteiger partial charge in [-0.15, -0.1) is 5.10 Å². The first kappa shape index (κ1) is 13.2. The Balaban J connectivity index is 2.13. The smallest absolute Gasteiger partial charge is 0.245 e. The zero-order valence-electron chi connectivity index (χ0n) is 10.9. The van der Waals surface area contributed by atoms with Gasteiger partial charge in [0.2, 0.25) is 5.91 Å². The molecule has 6 heteroatoms. The molecule has 1 N–H and O–H groups in total. The topological polar surface area (TPSA) is 72.7 Å². The summed E-state index contributed by atoms with van der Waals surface area (Å²) in [7, 11) is 0. The van der Waals surface area contributed by atoms with Gasteiger partial charge in [0.15, 0.2) is 0 Å². The summed E-state index contributed by atoms with van der Waals surface area (Å²) < 4.78 is 1.50. The van der Waals surface area contributed by atoms with Crippen LogP contribution in [0.5, 0.6) is 0 Å². The number of amides is 1. The highest BCUT2D eigenvalue weighted by atomic mass is 16.2. The lowest BCUT2D eigenvalue weighted by atomic mass is 10.1. The standard InChI is InChI=1S/C13H17N5O/c1-2-8-14-13(19)12(18-10-15-16-17-18)9-11-6-4-3-5-7-11/h3-7,10,12H,2,8-9H2,1H3,(H,14,19). The molecule has 0 bridgehead atoms. The molecule has 0 spiro atoms. The van der Waals surface area contributed by atoms with Crippen molar-refractivity contribution in [1.29, 1.82) is 0 Å². The zero-order chi connectivity index (χ0) is 13.5. The SMILES string of the molecule is CCCNC(=O)C(Cc1ccccc1)n1cnnn1. The van der Waals surface area contributed by atoms with Gasteiger partial charge in [0.1, 0.15) is 12.4 Å². The first-order chi connectivity index (χ1) is 9.31. The van der Waals surface area contributed by atoms with Crippen molar-refractivity contribution in [2.24, 2.45) is 0 Å². The van der Waals surface area contributed by atoms with Crippen LogP contribution in [0.25, 0.3) is 0 Å². The van der Waals surface area contributed by atoms with E-state index in [1.54, 1.807) is 0 Å². The number of nitrogens with zero attached hydrogens (tertiary/aromatic N) is 4. The van der Waals surface area contributed by atoms with Gasteiger partial charge >= 0.3 is 0 Å². The molecular weight excluding hydrogens is 242 g/mol. The van der Waals surface area contributed by atoms with Crippen molar-refractivity contribution < 1.29 is 4.79 Å². The van der Waals surface area contributed by atoms with E-state index in [1.165, 1.54) is 11.0 Å². The van der Waals surface area contributed by atoms with E-state index in [2.05, 4.69) is 20.8 Å². The summed E-state index contributed by atoms with van der Waals surface area (Å²) in [5.41, 5.74) is 1.08. The highest BCUT2D eigenvalue weighted by Crippen LogP contribution is 2.13. The van der Waals surface area contributed by atoms with Crippen LogP contribution in [-0.4, -0.2) is 32.7 Å². The van der Waals surface area contributed by atoms with Crippen molar-refractivity contribution in [2.75, 3.05) is 6.54 Å². The maximum Gasteiger partial charge on any atom is 0.245 e. The largest absolute Gasteiger partial charge is 0.354 e. The minimum Gasteiger partial charge on any atom is -0.354 e. The highest BCUT2D eigenvalue weighted by Gasteiger charge is 2.21. The Kier molecular flexibility index (Phi) is 4.60. The first-order valence-electron chi connectivity index (χ1n) is 6.35. The Hall–Kier alpha value is -2.24. The molecule has 100 valence electrons. The summed E-state index contributed by atoms with van der Waals surface area (Å²) >= 11 is 0. The third-order valence-corrected chi connectivity index (χ3v) is 2.81. The van der Waals surface area contributed by atoms with Crippen LogP contribution in [-0.2, 0) is 11.2 Å². The molecule has 19 heavy (non-hydrogen) atoms. The maximum absolute atomic E-state index is 12.2. The number of nitrogens with one attached hydrogen (secondary N) is 1. The van der Waals surface area contributed by atoms with E-state index < -0.39 is 6.04 Å². The molecular formula is C13H17N5O. The predicted octanol–water partition coefficient (Wildman–Crippen LogP) is 0.983. The van der Waals surface area contributed by atoms with Gasteiger partial charge in [-0.2, -0.15) is 0 Å². The van der Waals surface area contributed by atoms with Crippen LogP contribution < -0.4 is 5.32 Å². The Morgan fingerprint density at radius 3 is 2.79 bits per heavy atom. The van der Waals surface area contributed by atoms with E-state index in [1.807, 2.05) is 37.3 Å². The number of aromatic nitrogens is 4. The normalized spacial score (nSPS) is 12.1. The van der Waals surface area contributed by atoms with Crippen molar-refractivity contribution in [3.05, 3.63) is 42.2 Å². The Morgan fingerprint density at radius 2 is 2.16 bits per heavy atom. The quantitative estimate of drug-likeness (QED) is 0.839. The molecule has 1 amide bonds. The summed E-state index contributed by atoms with van der Waals surface area (Å²) in [5.74, 6) is -0.0574. The molecule has 2 aromatic rings. The number of benzene rings is 1. The molecule has 0 saturated heterocycles. The third kappa shape index (κ3) is 3.61. The van der Waals surface area contributed by atoms with Gasteiger partial charge in [-0.05, 0) is 22.4 Å². The van der Waals surface area contributed by atoms with E-state index in [4.69, 9.17) is 0 Å². The van der Waals surface area contributed by atoms with Gasteiger partial charge < -0.3 is 5.32 Å². The molecule has 1 unspecified atom stereocenters. The van der Waals surface area contributed by atoms with Crippen molar-refractivity contribution in [2.45, 2.75) is 25.8 Å². The summed E-state index contributed by atoms with van der Waals surface area (Å²) in [6.07, 6.45) is 2.94. The van der Waals surface area contributed by atoms with Crippen molar-refractivity contribution in [1.82, 2.24) is 25.5 Å². The van der Waals surface area contributed by atoms with E-state index in [9.17, 15) is 4.79 Å². The van der Waals surface area contributed by atoms with Gasteiger partial charge in [-0.3, -0.25) is 4.79 Å². The molecule has 0 aliphatic carbocycles. The van der Waals surface area contributed by atoms with Gasteiger partial charge in [-0.25, -0.2) is 4.68 Å². The van der Waals surface area contributed by atoms with Crippen molar-refractivity contribution in [3.8, 4) is 0 Å². The maximum atomic E-state index is 12.2. The molecule has 0 aliphatic heterocycles. The molecule has 0 radical (unpaired) electrons. The second-order valence-electron chi connectivity index (χ2n) is 4.29. The average molecular weight is 259 g/mol. The van der Waals surface area contributed by atoms with E-state index in [0.29, 0.717) is 13.0 Å². The molecule has 0 saturated carbocycles. The van der Waals surface area contributed by atoms with Gasteiger partial charge in [-0.1, -0.05) is 37.3 Å². The van der Waals surface area contributed by atoms with Crippen LogP contribution in [0.15, 0.2) is 36.7 Å². The van der Waals surface area contributed by atoms with E-state index in [-0.39, 0.29) is 5.91 Å².